The van der Waals surface area contributed by atoms with E-state index in [9.17, 15) is 13.6 Å². The first kappa shape index (κ1) is 9.84. The second-order valence-corrected chi connectivity index (χ2v) is 3.64. The molecule has 5 heteroatoms. The maximum atomic E-state index is 13.4. The van der Waals surface area contributed by atoms with Crippen molar-refractivity contribution in [2.24, 2.45) is 5.92 Å². The molecule has 1 N–H and O–H groups in total. The van der Waals surface area contributed by atoms with Crippen molar-refractivity contribution < 1.29 is 8.78 Å². The molecule has 2 rings (SSSR count). The van der Waals surface area contributed by atoms with Crippen LogP contribution in [0.4, 0.5) is 8.78 Å². The Bertz CT molecular complexity index is 485. The quantitative estimate of drug-likeness (QED) is 0.807. The second-order valence-electron chi connectivity index (χ2n) is 3.64. The van der Waals surface area contributed by atoms with Gasteiger partial charge < -0.3 is 4.98 Å². The standard InChI is InChI=1S/C10H8F2N2O/c11-7-4-14-9(8(12)10(7)15)6(3-13)5-1-2-5/h4-6H,1-2H2,(H,14,15). The number of nitrogens with one attached hydrogen (secondary N) is 1. The molecule has 0 aromatic carbocycles. The molecule has 0 bridgehead atoms. The molecule has 0 amide bonds. The Hall–Kier alpha value is -1.70. The van der Waals surface area contributed by atoms with Crippen molar-refractivity contribution in [1.82, 2.24) is 4.98 Å². The van der Waals surface area contributed by atoms with E-state index >= 15 is 0 Å². The van der Waals surface area contributed by atoms with Crippen LogP contribution in [0, 0.1) is 28.9 Å². The van der Waals surface area contributed by atoms with Crippen LogP contribution in [-0.4, -0.2) is 4.98 Å². The minimum absolute atomic E-state index is 0.0885. The van der Waals surface area contributed by atoms with Crippen LogP contribution in [0.25, 0.3) is 0 Å². The molecule has 1 saturated carbocycles. The Kier molecular flexibility index (Phi) is 2.27. The van der Waals surface area contributed by atoms with Crippen LogP contribution in [0.15, 0.2) is 11.0 Å². The van der Waals surface area contributed by atoms with Crippen molar-refractivity contribution >= 4 is 0 Å². The van der Waals surface area contributed by atoms with Gasteiger partial charge in [-0.05, 0) is 18.8 Å². The Balaban J connectivity index is 2.48. The first-order valence-electron chi connectivity index (χ1n) is 4.61. The predicted octanol–water partition coefficient (Wildman–Crippen LogP) is 1.67. The first-order valence-corrected chi connectivity index (χ1v) is 4.61. The largest absolute Gasteiger partial charge is 0.359 e. The van der Waals surface area contributed by atoms with Gasteiger partial charge in [0.25, 0.3) is 5.43 Å². The molecule has 15 heavy (non-hydrogen) atoms. The lowest BCUT2D eigenvalue weighted by Crippen LogP contribution is -2.18. The highest BCUT2D eigenvalue weighted by atomic mass is 19.1. The van der Waals surface area contributed by atoms with Crippen molar-refractivity contribution in [3.8, 4) is 6.07 Å². The Morgan fingerprint density at radius 3 is 2.73 bits per heavy atom. The molecular formula is C10H8F2N2O. The molecule has 1 aromatic rings. The third kappa shape index (κ3) is 1.63. The molecule has 1 aliphatic carbocycles. The molecule has 0 radical (unpaired) electrons. The summed E-state index contributed by atoms with van der Waals surface area (Å²) in [6, 6.07) is 1.94. The van der Waals surface area contributed by atoms with Gasteiger partial charge in [0.2, 0.25) is 0 Å². The number of nitrogens with zero attached hydrogens (tertiary/aromatic N) is 1. The molecule has 0 spiro atoms. The number of rotatable bonds is 2. The SMILES string of the molecule is N#CC(c1[nH]cc(F)c(=O)c1F)C1CC1. The number of nitriles is 1. The maximum Gasteiger partial charge on any atom is 0.253 e. The molecule has 0 saturated heterocycles. The smallest absolute Gasteiger partial charge is 0.253 e. The monoisotopic (exact) mass is 210 g/mol. The highest BCUT2D eigenvalue weighted by Gasteiger charge is 2.35. The van der Waals surface area contributed by atoms with Gasteiger partial charge in [0.1, 0.15) is 0 Å². The van der Waals surface area contributed by atoms with Crippen LogP contribution >= 0.6 is 0 Å². The molecule has 1 aliphatic rings. The summed E-state index contributed by atoms with van der Waals surface area (Å²) in [6.07, 6.45) is 2.49. The molecule has 3 nitrogen and oxygen atoms in total. The number of H-pyrrole nitrogens is 1. The van der Waals surface area contributed by atoms with E-state index in [0.717, 1.165) is 19.0 Å². The van der Waals surface area contributed by atoms with E-state index in [1.54, 1.807) is 0 Å². The van der Waals surface area contributed by atoms with Gasteiger partial charge in [-0.3, -0.25) is 4.79 Å². The van der Waals surface area contributed by atoms with Crippen molar-refractivity contribution in [3.05, 3.63) is 33.7 Å². The zero-order chi connectivity index (χ0) is 11.0. The van der Waals surface area contributed by atoms with Gasteiger partial charge in [0.15, 0.2) is 11.6 Å². The summed E-state index contributed by atoms with van der Waals surface area (Å²) in [5.41, 5.74) is -1.36. The van der Waals surface area contributed by atoms with E-state index in [4.69, 9.17) is 5.26 Å². The van der Waals surface area contributed by atoms with Gasteiger partial charge in [-0.15, -0.1) is 0 Å². The van der Waals surface area contributed by atoms with E-state index in [0.29, 0.717) is 0 Å². The number of aromatic nitrogens is 1. The topological polar surface area (TPSA) is 56.6 Å². The third-order valence-corrected chi connectivity index (χ3v) is 2.55. The first-order chi connectivity index (χ1) is 7.15. The summed E-state index contributed by atoms with van der Waals surface area (Å²) in [5, 5.41) is 8.84. The van der Waals surface area contributed by atoms with Gasteiger partial charge in [0, 0.05) is 6.20 Å². The van der Waals surface area contributed by atoms with Gasteiger partial charge in [-0.2, -0.15) is 5.26 Å². The van der Waals surface area contributed by atoms with Crippen LogP contribution < -0.4 is 5.43 Å². The zero-order valence-corrected chi connectivity index (χ0v) is 7.76. The van der Waals surface area contributed by atoms with E-state index in [2.05, 4.69) is 4.98 Å². The van der Waals surface area contributed by atoms with Crippen LogP contribution in [0.5, 0.6) is 0 Å². The highest BCUT2D eigenvalue weighted by Crippen LogP contribution is 2.41. The minimum atomic E-state index is -1.27. The number of hydrogen-bond donors (Lipinski definition) is 1. The van der Waals surface area contributed by atoms with Crippen LogP contribution in [0.1, 0.15) is 24.5 Å². The lowest BCUT2D eigenvalue weighted by Gasteiger charge is -2.08. The van der Waals surface area contributed by atoms with Gasteiger partial charge in [-0.25, -0.2) is 8.78 Å². The van der Waals surface area contributed by atoms with Crippen molar-refractivity contribution in [2.45, 2.75) is 18.8 Å². The molecular weight excluding hydrogens is 202 g/mol. The van der Waals surface area contributed by atoms with Crippen LogP contribution in [0.3, 0.4) is 0 Å². The van der Waals surface area contributed by atoms with Gasteiger partial charge >= 0.3 is 0 Å². The van der Waals surface area contributed by atoms with E-state index < -0.39 is 23.0 Å². The summed E-state index contributed by atoms with van der Waals surface area (Å²) < 4.78 is 26.0. The van der Waals surface area contributed by atoms with Gasteiger partial charge in [0.05, 0.1) is 17.7 Å². The average Bonchev–Trinajstić information content (AvgIpc) is 3.03. The highest BCUT2D eigenvalue weighted by molar-refractivity contribution is 5.22. The molecule has 1 aromatic heterocycles. The third-order valence-electron chi connectivity index (χ3n) is 2.55. The fourth-order valence-corrected chi connectivity index (χ4v) is 1.56. The molecule has 1 fully saturated rings. The lowest BCUT2D eigenvalue weighted by atomic mass is 10.0. The second kappa shape index (κ2) is 3.46. The fraction of sp³-hybridized carbons (Fsp3) is 0.400. The summed E-state index contributed by atoms with van der Waals surface area (Å²) in [6.45, 7) is 0. The fourth-order valence-electron chi connectivity index (χ4n) is 1.56. The molecule has 1 atom stereocenters. The van der Waals surface area contributed by atoms with Crippen molar-refractivity contribution in [2.75, 3.05) is 0 Å². The number of pyridine rings is 1. The minimum Gasteiger partial charge on any atom is -0.359 e. The van der Waals surface area contributed by atoms with Crippen LogP contribution in [0.2, 0.25) is 0 Å². The molecule has 78 valence electrons. The summed E-state index contributed by atoms with van der Waals surface area (Å²) in [5.74, 6) is -2.92. The van der Waals surface area contributed by atoms with Crippen LogP contribution in [-0.2, 0) is 0 Å². The molecule has 0 aliphatic heterocycles. The maximum absolute atomic E-state index is 13.4. The Labute approximate surface area is 84.4 Å². The average molecular weight is 210 g/mol. The number of aromatic amines is 1. The normalized spacial score (nSPS) is 17.1. The molecule has 1 heterocycles. The lowest BCUT2D eigenvalue weighted by molar-refractivity contribution is 0.527. The van der Waals surface area contributed by atoms with Gasteiger partial charge in [-0.1, -0.05) is 0 Å². The summed E-state index contributed by atoms with van der Waals surface area (Å²) in [4.78, 5) is 13.3. The Morgan fingerprint density at radius 2 is 2.20 bits per heavy atom. The summed E-state index contributed by atoms with van der Waals surface area (Å²) >= 11 is 0. The number of halogens is 2. The molecule has 1 unspecified atom stereocenters. The van der Waals surface area contributed by atoms with E-state index in [1.165, 1.54) is 0 Å². The van der Waals surface area contributed by atoms with Crippen molar-refractivity contribution in [3.63, 3.8) is 0 Å². The van der Waals surface area contributed by atoms with E-state index in [1.807, 2.05) is 6.07 Å². The summed E-state index contributed by atoms with van der Waals surface area (Å²) in [7, 11) is 0. The van der Waals surface area contributed by atoms with E-state index in [-0.39, 0.29) is 11.6 Å². The number of hydrogen-bond acceptors (Lipinski definition) is 2. The zero-order valence-electron chi connectivity index (χ0n) is 7.76. The van der Waals surface area contributed by atoms with Crippen molar-refractivity contribution in [1.29, 1.82) is 5.26 Å². The predicted molar refractivity (Wildman–Crippen MR) is 48.1 cm³/mol. The Morgan fingerprint density at radius 1 is 1.53 bits per heavy atom.